The SMILES string of the molecule is Cc1ccc(-c2nc(C)oc2CC(=O)O)c(C)c1. The molecule has 0 aliphatic rings. The molecule has 0 amide bonds. The summed E-state index contributed by atoms with van der Waals surface area (Å²) in [6, 6.07) is 5.98. The van der Waals surface area contributed by atoms with Crippen molar-refractivity contribution in [1.29, 1.82) is 0 Å². The maximum atomic E-state index is 10.8. The first kappa shape index (κ1) is 12.4. The third-order valence-corrected chi connectivity index (χ3v) is 2.75. The fourth-order valence-electron chi connectivity index (χ4n) is 2.02. The fraction of sp³-hybridized carbons (Fsp3) is 0.286. The molecule has 0 fully saturated rings. The van der Waals surface area contributed by atoms with Crippen LogP contribution in [0.4, 0.5) is 0 Å². The van der Waals surface area contributed by atoms with Crippen molar-refractivity contribution in [2.45, 2.75) is 27.2 Å². The number of benzene rings is 1. The van der Waals surface area contributed by atoms with Gasteiger partial charge in [-0.1, -0.05) is 23.8 Å². The highest BCUT2D eigenvalue weighted by molar-refractivity contribution is 5.74. The van der Waals surface area contributed by atoms with E-state index in [0.29, 0.717) is 17.3 Å². The number of nitrogens with zero attached hydrogens (tertiary/aromatic N) is 1. The van der Waals surface area contributed by atoms with E-state index < -0.39 is 5.97 Å². The summed E-state index contributed by atoms with van der Waals surface area (Å²) in [4.78, 5) is 15.1. The van der Waals surface area contributed by atoms with Crippen molar-refractivity contribution in [3.63, 3.8) is 0 Å². The topological polar surface area (TPSA) is 63.3 Å². The van der Waals surface area contributed by atoms with Crippen molar-refractivity contribution >= 4 is 5.97 Å². The molecule has 0 aliphatic carbocycles. The summed E-state index contributed by atoms with van der Waals surface area (Å²) in [5.74, 6) is -0.0228. The summed E-state index contributed by atoms with van der Waals surface area (Å²) >= 11 is 0. The fourth-order valence-corrected chi connectivity index (χ4v) is 2.02. The number of hydrogen-bond acceptors (Lipinski definition) is 3. The van der Waals surface area contributed by atoms with Crippen molar-refractivity contribution in [1.82, 2.24) is 4.98 Å². The van der Waals surface area contributed by atoms with Gasteiger partial charge in [-0.15, -0.1) is 0 Å². The highest BCUT2D eigenvalue weighted by atomic mass is 16.4. The number of aromatic nitrogens is 1. The van der Waals surface area contributed by atoms with Gasteiger partial charge < -0.3 is 9.52 Å². The Bertz CT molecular complexity index is 599. The third-order valence-electron chi connectivity index (χ3n) is 2.75. The van der Waals surface area contributed by atoms with Crippen LogP contribution in [0, 0.1) is 20.8 Å². The van der Waals surface area contributed by atoms with E-state index in [1.165, 1.54) is 0 Å². The van der Waals surface area contributed by atoms with Gasteiger partial charge in [0.25, 0.3) is 0 Å². The van der Waals surface area contributed by atoms with E-state index in [1.54, 1.807) is 6.92 Å². The number of carboxylic acids is 1. The van der Waals surface area contributed by atoms with Crippen molar-refractivity contribution in [3.05, 3.63) is 41.0 Å². The van der Waals surface area contributed by atoms with Gasteiger partial charge in [-0.3, -0.25) is 4.79 Å². The van der Waals surface area contributed by atoms with Gasteiger partial charge in [0, 0.05) is 12.5 Å². The van der Waals surface area contributed by atoms with E-state index in [1.807, 2.05) is 32.0 Å². The van der Waals surface area contributed by atoms with Gasteiger partial charge in [0.15, 0.2) is 5.89 Å². The molecule has 0 unspecified atom stereocenters. The Morgan fingerprint density at radius 2 is 2.06 bits per heavy atom. The van der Waals surface area contributed by atoms with E-state index in [-0.39, 0.29) is 6.42 Å². The predicted octanol–water partition coefficient (Wildman–Crippen LogP) is 2.89. The first-order valence-electron chi connectivity index (χ1n) is 5.73. The van der Waals surface area contributed by atoms with Crippen LogP contribution < -0.4 is 0 Å². The molecular formula is C14H15NO3. The van der Waals surface area contributed by atoms with Gasteiger partial charge >= 0.3 is 5.97 Å². The Morgan fingerprint density at radius 1 is 1.33 bits per heavy atom. The second kappa shape index (κ2) is 4.64. The number of oxazole rings is 1. The molecule has 94 valence electrons. The molecule has 0 radical (unpaired) electrons. The highest BCUT2D eigenvalue weighted by Gasteiger charge is 2.17. The van der Waals surface area contributed by atoms with E-state index in [9.17, 15) is 4.79 Å². The van der Waals surface area contributed by atoms with Crippen LogP contribution in [0.15, 0.2) is 22.6 Å². The van der Waals surface area contributed by atoms with Gasteiger partial charge in [0.2, 0.25) is 0 Å². The quantitative estimate of drug-likeness (QED) is 0.903. The van der Waals surface area contributed by atoms with E-state index >= 15 is 0 Å². The summed E-state index contributed by atoms with van der Waals surface area (Å²) in [7, 11) is 0. The van der Waals surface area contributed by atoms with Crippen molar-refractivity contribution in [2.24, 2.45) is 0 Å². The first-order valence-corrected chi connectivity index (χ1v) is 5.73. The number of rotatable bonds is 3. The van der Waals surface area contributed by atoms with Gasteiger partial charge in [-0.05, 0) is 19.4 Å². The van der Waals surface area contributed by atoms with Crippen LogP contribution in [-0.2, 0) is 11.2 Å². The normalized spacial score (nSPS) is 10.6. The number of aryl methyl sites for hydroxylation is 3. The van der Waals surface area contributed by atoms with Crippen LogP contribution in [-0.4, -0.2) is 16.1 Å². The molecule has 1 aromatic heterocycles. The Balaban J connectivity index is 2.52. The largest absolute Gasteiger partial charge is 0.481 e. The maximum Gasteiger partial charge on any atom is 0.311 e. The van der Waals surface area contributed by atoms with Crippen LogP contribution in [0.1, 0.15) is 22.8 Å². The molecule has 2 rings (SSSR count). The Labute approximate surface area is 105 Å². The Hall–Kier alpha value is -2.10. The lowest BCUT2D eigenvalue weighted by atomic mass is 10.0. The average Bonchev–Trinajstić information content (AvgIpc) is 2.58. The number of hydrogen-bond donors (Lipinski definition) is 1. The van der Waals surface area contributed by atoms with Crippen molar-refractivity contribution < 1.29 is 14.3 Å². The lowest BCUT2D eigenvalue weighted by Gasteiger charge is -2.05. The number of carbonyl (C=O) groups is 1. The molecule has 1 heterocycles. The molecule has 4 nitrogen and oxygen atoms in total. The molecule has 0 saturated carbocycles. The van der Waals surface area contributed by atoms with E-state index in [0.717, 1.165) is 16.7 Å². The molecule has 2 aromatic rings. The summed E-state index contributed by atoms with van der Waals surface area (Å²) in [6.07, 6.45) is -0.149. The second-order valence-corrected chi connectivity index (χ2v) is 4.39. The van der Waals surface area contributed by atoms with Crippen LogP contribution in [0.25, 0.3) is 11.3 Å². The highest BCUT2D eigenvalue weighted by Crippen LogP contribution is 2.27. The molecule has 4 heteroatoms. The monoisotopic (exact) mass is 245 g/mol. The molecule has 0 atom stereocenters. The molecule has 0 saturated heterocycles. The minimum absolute atomic E-state index is 0.149. The lowest BCUT2D eigenvalue weighted by molar-refractivity contribution is -0.136. The zero-order valence-electron chi connectivity index (χ0n) is 10.7. The van der Waals surface area contributed by atoms with Crippen molar-refractivity contribution in [3.8, 4) is 11.3 Å². The standard InChI is InChI=1S/C14H15NO3/c1-8-4-5-11(9(2)6-8)14-12(7-13(16)17)18-10(3)15-14/h4-6H,7H2,1-3H3,(H,16,17). The summed E-state index contributed by atoms with van der Waals surface area (Å²) in [6.45, 7) is 5.72. The van der Waals surface area contributed by atoms with Gasteiger partial charge in [-0.2, -0.15) is 0 Å². The molecule has 1 aromatic carbocycles. The zero-order valence-corrected chi connectivity index (χ0v) is 10.7. The summed E-state index contributed by atoms with van der Waals surface area (Å²) < 4.78 is 5.37. The van der Waals surface area contributed by atoms with E-state index in [4.69, 9.17) is 9.52 Å². The Morgan fingerprint density at radius 3 is 2.67 bits per heavy atom. The van der Waals surface area contributed by atoms with Gasteiger partial charge in [-0.25, -0.2) is 4.98 Å². The zero-order chi connectivity index (χ0) is 13.3. The molecule has 18 heavy (non-hydrogen) atoms. The molecule has 0 aliphatic heterocycles. The van der Waals surface area contributed by atoms with Crippen molar-refractivity contribution in [2.75, 3.05) is 0 Å². The summed E-state index contributed by atoms with van der Waals surface area (Å²) in [5, 5.41) is 8.87. The molecule has 0 bridgehead atoms. The van der Waals surface area contributed by atoms with Crippen LogP contribution in [0.2, 0.25) is 0 Å². The molecule has 1 N–H and O–H groups in total. The van der Waals surface area contributed by atoms with Gasteiger partial charge in [0.05, 0.1) is 0 Å². The number of aliphatic carboxylic acids is 1. The first-order chi connectivity index (χ1) is 8.47. The average molecular weight is 245 g/mol. The second-order valence-electron chi connectivity index (χ2n) is 4.39. The predicted molar refractivity (Wildman–Crippen MR) is 67.5 cm³/mol. The Kier molecular flexibility index (Phi) is 3.19. The maximum absolute atomic E-state index is 10.8. The van der Waals surface area contributed by atoms with Crippen LogP contribution in [0.3, 0.4) is 0 Å². The lowest BCUT2D eigenvalue weighted by Crippen LogP contribution is -2.00. The minimum Gasteiger partial charge on any atom is -0.481 e. The van der Waals surface area contributed by atoms with Crippen LogP contribution in [0.5, 0.6) is 0 Å². The molecular weight excluding hydrogens is 230 g/mol. The van der Waals surface area contributed by atoms with E-state index in [2.05, 4.69) is 4.98 Å². The number of carboxylic acid groups (broad SMARTS) is 1. The minimum atomic E-state index is -0.919. The third kappa shape index (κ3) is 2.42. The summed E-state index contributed by atoms with van der Waals surface area (Å²) in [5.41, 5.74) is 3.78. The molecule has 0 spiro atoms. The van der Waals surface area contributed by atoms with Gasteiger partial charge in [0.1, 0.15) is 17.9 Å². The van der Waals surface area contributed by atoms with Crippen LogP contribution >= 0.6 is 0 Å². The smallest absolute Gasteiger partial charge is 0.311 e.